The number of ether oxygens (including phenoxy) is 2. The molecule has 0 amide bonds. The SMILES string of the molecule is COc1ccc(C)cc1C(OCc1ccccc1)C(C)O. The van der Waals surface area contributed by atoms with Crippen LogP contribution in [0.2, 0.25) is 0 Å². The summed E-state index contributed by atoms with van der Waals surface area (Å²) in [5.74, 6) is 0.736. The lowest BCUT2D eigenvalue weighted by Gasteiger charge is -2.23. The van der Waals surface area contributed by atoms with E-state index in [-0.39, 0.29) is 0 Å². The lowest BCUT2D eigenvalue weighted by molar-refractivity contribution is -0.0412. The van der Waals surface area contributed by atoms with E-state index >= 15 is 0 Å². The van der Waals surface area contributed by atoms with Gasteiger partial charge in [-0.05, 0) is 31.5 Å². The number of benzene rings is 2. The molecule has 3 heteroatoms. The van der Waals surface area contributed by atoms with Gasteiger partial charge in [0.2, 0.25) is 0 Å². The second-order valence-electron chi connectivity index (χ2n) is 5.20. The number of methoxy groups -OCH3 is 1. The third-order valence-electron chi connectivity index (χ3n) is 3.40. The Morgan fingerprint density at radius 3 is 2.43 bits per heavy atom. The van der Waals surface area contributed by atoms with Crippen molar-refractivity contribution in [3.05, 3.63) is 65.2 Å². The lowest BCUT2D eigenvalue weighted by Crippen LogP contribution is -2.19. The van der Waals surface area contributed by atoms with Crippen molar-refractivity contribution < 1.29 is 14.6 Å². The first-order chi connectivity index (χ1) is 10.1. The van der Waals surface area contributed by atoms with Crippen molar-refractivity contribution in [2.45, 2.75) is 32.7 Å². The van der Waals surface area contributed by atoms with Gasteiger partial charge in [-0.1, -0.05) is 42.0 Å². The van der Waals surface area contributed by atoms with E-state index in [1.165, 1.54) is 0 Å². The zero-order valence-electron chi connectivity index (χ0n) is 12.7. The highest BCUT2D eigenvalue weighted by atomic mass is 16.5. The predicted molar refractivity (Wildman–Crippen MR) is 83.4 cm³/mol. The van der Waals surface area contributed by atoms with Crippen LogP contribution >= 0.6 is 0 Å². The van der Waals surface area contributed by atoms with E-state index in [2.05, 4.69) is 0 Å². The van der Waals surface area contributed by atoms with Gasteiger partial charge < -0.3 is 14.6 Å². The average Bonchev–Trinajstić information content (AvgIpc) is 2.48. The third kappa shape index (κ3) is 4.06. The molecule has 0 saturated heterocycles. The molecule has 0 saturated carbocycles. The van der Waals surface area contributed by atoms with E-state index in [4.69, 9.17) is 9.47 Å². The normalized spacial score (nSPS) is 13.7. The largest absolute Gasteiger partial charge is 0.496 e. The summed E-state index contributed by atoms with van der Waals surface area (Å²) in [4.78, 5) is 0. The van der Waals surface area contributed by atoms with Crippen molar-refractivity contribution in [2.75, 3.05) is 7.11 Å². The van der Waals surface area contributed by atoms with E-state index in [1.54, 1.807) is 14.0 Å². The molecule has 0 aliphatic carbocycles. The van der Waals surface area contributed by atoms with Crippen molar-refractivity contribution in [1.29, 1.82) is 0 Å². The molecule has 2 aromatic carbocycles. The van der Waals surface area contributed by atoms with Crippen LogP contribution in [0.25, 0.3) is 0 Å². The van der Waals surface area contributed by atoms with Gasteiger partial charge in [-0.25, -0.2) is 0 Å². The molecule has 2 unspecified atom stereocenters. The van der Waals surface area contributed by atoms with Gasteiger partial charge in [0.15, 0.2) is 0 Å². The Kier molecular flexibility index (Phi) is 5.37. The Morgan fingerprint density at radius 1 is 1.10 bits per heavy atom. The summed E-state index contributed by atoms with van der Waals surface area (Å²) >= 11 is 0. The van der Waals surface area contributed by atoms with Crippen LogP contribution in [0.5, 0.6) is 5.75 Å². The molecule has 112 valence electrons. The average molecular weight is 286 g/mol. The quantitative estimate of drug-likeness (QED) is 0.881. The minimum Gasteiger partial charge on any atom is -0.496 e. The van der Waals surface area contributed by atoms with Crippen LogP contribution in [-0.4, -0.2) is 18.3 Å². The highest BCUT2D eigenvalue weighted by molar-refractivity contribution is 5.39. The van der Waals surface area contributed by atoms with Gasteiger partial charge in [0.05, 0.1) is 19.8 Å². The maximum Gasteiger partial charge on any atom is 0.124 e. The van der Waals surface area contributed by atoms with E-state index in [0.29, 0.717) is 6.61 Å². The minimum atomic E-state index is -0.621. The van der Waals surface area contributed by atoms with Crippen LogP contribution in [0.3, 0.4) is 0 Å². The summed E-state index contributed by atoms with van der Waals surface area (Å²) in [6.07, 6.45) is -1.04. The maximum absolute atomic E-state index is 10.1. The van der Waals surface area contributed by atoms with E-state index in [9.17, 15) is 5.11 Å². The molecule has 1 N–H and O–H groups in total. The molecule has 0 aliphatic rings. The fourth-order valence-corrected chi connectivity index (χ4v) is 2.33. The highest BCUT2D eigenvalue weighted by Gasteiger charge is 2.22. The van der Waals surface area contributed by atoms with E-state index in [1.807, 2.05) is 55.5 Å². The fraction of sp³-hybridized carbons (Fsp3) is 0.333. The van der Waals surface area contributed by atoms with Crippen molar-refractivity contribution in [3.8, 4) is 5.75 Å². The number of aryl methyl sites for hydroxylation is 1. The molecule has 3 nitrogen and oxygen atoms in total. The minimum absolute atomic E-state index is 0.417. The van der Waals surface area contributed by atoms with Gasteiger partial charge in [0.1, 0.15) is 11.9 Å². The molecule has 2 rings (SSSR count). The van der Waals surface area contributed by atoms with Crippen molar-refractivity contribution in [1.82, 2.24) is 0 Å². The molecular weight excluding hydrogens is 264 g/mol. The van der Waals surface area contributed by atoms with Crippen molar-refractivity contribution in [2.24, 2.45) is 0 Å². The van der Waals surface area contributed by atoms with Gasteiger partial charge in [0.25, 0.3) is 0 Å². The number of aliphatic hydroxyl groups excluding tert-OH is 1. The molecule has 0 fully saturated rings. The van der Waals surface area contributed by atoms with Gasteiger partial charge >= 0.3 is 0 Å². The van der Waals surface area contributed by atoms with Gasteiger partial charge in [0, 0.05) is 5.56 Å². The standard InChI is InChI=1S/C18H22O3/c1-13-9-10-17(20-3)16(11-13)18(14(2)19)21-12-15-7-5-4-6-8-15/h4-11,14,18-19H,12H2,1-3H3. The summed E-state index contributed by atoms with van der Waals surface area (Å²) in [5, 5.41) is 10.1. The highest BCUT2D eigenvalue weighted by Crippen LogP contribution is 2.31. The number of rotatable bonds is 6. The molecule has 2 atom stereocenters. The topological polar surface area (TPSA) is 38.7 Å². The van der Waals surface area contributed by atoms with Crippen LogP contribution < -0.4 is 4.74 Å². The second kappa shape index (κ2) is 7.25. The van der Waals surface area contributed by atoms with Gasteiger partial charge in [-0.15, -0.1) is 0 Å². The van der Waals surface area contributed by atoms with Crippen LogP contribution in [-0.2, 0) is 11.3 Å². The summed E-state index contributed by atoms with van der Waals surface area (Å²) in [5.41, 5.74) is 3.07. The fourth-order valence-electron chi connectivity index (χ4n) is 2.33. The molecule has 21 heavy (non-hydrogen) atoms. The summed E-state index contributed by atoms with van der Waals surface area (Å²) in [6, 6.07) is 15.8. The molecule has 0 radical (unpaired) electrons. The van der Waals surface area contributed by atoms with Crippen LogP contribution in [0.15, 0.2) is 48.5 Å². The Hall–Kier alpha value is -1.84. The Balaban J connectivity index is 2.21. The Labute approximate surface area is 126 Å². The number of hydrogen-bond acceptors (Lipinski definition) is 3. The lowest BCUT2D eigenvalue weighted by atomic mass is 10.0. The maximum atomic E-state index is 10.1. The number of aliphatic hydroxyl groups is 1. The summed E-state index contributed by atoms with van der Waals surface area (Å²) in [7, 11) is 1.63. The van der Waals surface area contributed by atoms with Crippen molar-refractivity contribution in [3.63, 3.8) is 0 Å². The summed E-state index contributed by atoms with van der Waals surface area (Å²) < 4.78 is 11.3. The Bertz CT molecular complexity index is 564. The summed E-state index contributed by atoms with van der Waals surface area (Å²) in [6.45, 7) is 4.20. The van der Waals surface area contributed by atoms with E-state index < -0.39 is 12.2 Å². The second-order valence-corrected chi connectivity index (χ2v) is 5.20. The van der Waals surface area contributed by atoms with Crippen molar-refractivity contribution >= 4 is 0 Å². The molecule has 0 aliphatic heterocycles. The number of hydrogen-bond donors (Lipinski definition) is 1. The zero-order chi connectivity index (χ0) is 15.2. The molecule has 0 heterocycles. The zero-order valence-corrected chi connectivity index (χ0v) is 12.7. The molecule has 0 spiro atoms. The van der Waals surface area contributed by atoms with Crippen LogP contribution in [0.1, 0.15) is 29.7 Å². The van der Waals surface area contributed by atoms with Crippen LogP contribution in [0, 0.1) is 6.92 Å². The first-order valence-electron chi connectivity index (χ1n) is 7.10. The monoisotopic (exact) mass is 286 g/mol. The molecular formula is C18H22O3. The first-order valence-corrected chi connectivity index (χ1v) is 7.10. The molecule has 0 bridgehead atoms. The van der Waals surface area contributed by atoms with E-state index in [0.717, 1.165) is 22.4 Å². The smallest absolute Gasteiger partial charge is 0.124 e. The van der Waals surface area contributed by atoms with Gasteiger partial charge in [-0.3, -0.25) is 0 Å². The first kappa shape index (κ1) is 15.5. The predicted octanol–water partition coefficient (Wildman–Crippen LogP) is 3.64. The Morgan fingerprint density at radius 2 is 1.81 bits per heavy atom. The molecule has 2 aromatic rings. The molecule has 0 aromatic heterocycles. The van der Waals surface area contributed by atoms with Crippen LogP contribution in [0.4, 0.5) is 0 Å². The van der Waals surface area contributed by atoms with Gasteiger partial charge in [-0.2, -0.15) is 0 Å². The third-order valence-corrected chi connectivity index (χ3v) is 3.40.